The second-order valence-electron chi connectivity index (χ2n) is 2.90. The summed E-state index contributed by atoms with van der Waals surface area (Å²) < 4.78 is 25.5. The van der Waals surface area contributed by atoms with Crippen molar-refractivity contribution in [2.45, 2.75) is 6.04 Å². The topological polar surface area (TPSA) is 75.3 Å². The molecule has 1 aromatic rings. The molecule has 1 amide bonds. The maximum absolute atomic E-state index is 13.0. The van der Waals surface area contributed by atoms with Crippen LogP contribution in [0.3, 0.4) is 0 Å². The van der Waals surface area contributed by atoms with Gasteiger partial charge in [0.25, 0.3) is 0 Å². The van der Waals surface area contributed by atoms with Crippen LogP contribution in [0, 0.1) is 11.6 Å². The number of carbonyl (C=O) groups is 1. The molecule has 0 aliphatic heterocycles. The third kappa shape index (κ3) is 2.97. The molecule has 0 saturated heterocycles. The molecule has 1 aromatic carbocycles. The zero-order valence-corrected chi connectivity index (χ0v) is 7.71. The van der Waals surface area contributed by atoms with Crippen LogP contribution >= 0.6 is 0 Å². The van der Waals surface area contributed by atoms with Gasteiger partial charge in [-0.05, 0) is 12.1 Å². The molecule has 0 heterocycles. The van der Waals surface area contributed by atoms with Gasteiger partial charge in [0, 0.05) is 6.07 Å². The third-order valence-electron chi connectivity index (χ3n) is 1.72. The normalized spacial score (nSPS) is 12.3. The molecule has 0 saturated carbocycles. The van der Waals surface area contributed by atoms with Crippen molar-refractivity contribution in [3.8, 4) is 0 Å². The fourth-order valence-electron chi connectivity index (χ4n) is 0.899. The van der Waals surface area contributed by atoms with Crippen LogP contribution in [0.2, 0.25) is 0 Å². The van der Waals surface area contributed by atoms with E-state index in [0.29, 0.717) is 6.07 Å². The Hall–Kier alpha value is -1.53. The van der Waals surface area contributed by atoms with Gasteiger partial charge in [-0.25, -0.2) is 8.78 Å². The molecule has 0 spiro atoms. The summed E-state index contributed by atoms with van der Waals surface area (Å²) in [6.45, 7) is -0.547. The number of anilines is 1. The molecule has 0 radical (unpaired) electrons. The predicted octanol–water partition coefficient (Wildman–Crippen LogP) is 0.223. The van der Waals surface area contributed by atoms with Crippen LogP contribution < -0.4 is 11.1 Å². The van der Waals surface area contributed by atoms with Crippen LogP contribution in [-0.4, -0.2) is 23.7 Å². The van der Waals surface area contributed by atoms with Gasteiger partial charge in [-0.15, -0.1) is 0 Å². The molecule has 6 heteroatoms. The zero-order chi connectivity index (χ0) is 11.4. The molecule has 0 aliphatic rings. The van der Waals surface area contributed by atoms with Crippen molar-refractivity contribution in [3.05, 3.63) is 29.8 Å². The monoisotopic (exact) mass is 216 g/mol. The molecule has 1 atom stereocenters. The number of aliphatic hydroxyl groups excluding tert-OH is 1. The predicted molar refractivity (Wildman–Crippen MR) is 50.0 cm³/mol. The molecule has 1 rings (SSSR count). The van der Waals surface area contributed by atoms with E-state index in [1.807, 2.05) is 0 Å². The first-order valence-electron chi connectivity index (χ1n) is 4.17. The van der Waals surface area contributed by atoms with Gasteiger partial charge in [-0.3, -0.25) is 4.79 Å². The minimum Gasteiger partial charge on any atom is -0.394 e. The SMILES string of the molecule is NC(CO)C(=O)Nc1ccc(F)cc1F. The number of aliphatic hydroxyl groups is 1. The van der Waals surface area contributed by atoms with E-state index in [2.05, 4.69) is 5.32 Å². The number of hydrogen-bond donors (Lipinski definition) is 3. The summed E-state index contributed by atoms with van der Waals surface area (Å²) >= 11 is 0. The Morgan fingerprint density at radius 3 is 2.73 bits per heavy atom. The van der Waals surface area contributed by atoms with Crippen molar-refractivity contribution in [2.75, 3.05) is 11.9 Å². The number of benzene rings is 1. The average molecular weight is 216 g/mol. The van der Waals surface area contributed by atoms with Crippen molar-refractivity contribution in [1.29, 1.82) is 0 Å². The average Bonchev–Trinajstić information content (AvgIpc) is 2.20. The van der Waals surface area contributed by atoms with Crippen LogP contribution in [0.25, 0.3) is 0 Å². The van der Waals surface area contributed by atoms with E-state index >= 15 is 0 Å². The molecular formula is C9H10F2N2O2. The lowest BCUT2D eigenvalue weighted by atomic mass is 10.2. The van der Waals surface area contributed by atoms with Gasteiger partial charge in [0.2, 0.25) is 5.91 Å². The lowest BCUT2D eigenvalue weighted by Crippen LogP contribution is -2.38. The molecule has 0 aromatic heterocycles. The first-order chi connectivity index (χ1) is 7.04. The smallest absolute Gasteiger partial charge is 0.243 e. The molecule has 0 fully saturated rings. The highest BCUT2D eigenvalue weighted by Crippen LogP contribution is 2.14. The molecule has 1 unspecified atom stereocenters. The largest absolute Gasteiger partial charge is 0.394 e. The highest BCUT2D eigenvalue weighted by molar-refractivity contribution is 5.94. The van der Waals surface area contributed by atoms with Gasteiger partial charge in [0.1, 0.15) is 17.7 Å². The summed E-state index contributed by atoms with van der Waals surface area (Å²) in [7, 11) is 0. The number of nitrogens with two attached hydrogens (primary N) is 1. The lowest BCUT2D eigenvalue weighted by Gasteiger charge is -2.09. The van der Waals surface area contributed by atoms with Gasteiger partial charge in [0.05, 0.1) is 12.3 Å². The standard InChI is InChI=1S/C9H10F2N2O2/c10-5-1-2-8(6(11)3-5)13-9(15)7(12)4-14/h1-3,7,14H,4,12H2,(H,13,15). The first-order valence-corrected chi connectivity index (χ1v) is 4.17. The highest BCUT2D eigenvalue weighted by Gasteiger charge is 2.14. The van der Waals surface area contributed by atoms with Crippen LogP contribution in [0.15, 0.2) is 18.2 Å². The minimum atomic E-state index is -1.13. The van der Waals surface area contributed by atoms with E-state index in [4.69, 9.17) is 10.8 Å². The number of carbonyl (C=O) groups excluding carboxylic acids is 1. The minimum absolute atomic E-state index is 0.176. The third-order valence-corrected chi connectivity index (χ3v) is 1.72. The fraction of sp³-hybridized carbons (Fsp3) is 0.222. The Labute approximate surface area is 84.7 Å². The van der Waals surface area contributed by atoms with Crippen LogP contribution in [0.5, 0.6) is 0 Å². The van der Waals surface area contributed by atoms with Crippen molar-refractivity contribution in [2.24, 2.45) is 5.73 Å². The van der Waals surface area contributed by atoms with E-state index < -0.39 is 30.2 Å². The number of halogens is 2. The van der Waals surface area contributed by atoms with E-state index in [0.717, 1.165) is 12.1 Å². The number of rotatable bonds is 3. The van der Waals surface area contributed by atoms with Crippen LogP contribution in [0.4, 0.5) is 14.5 Å². The summed E-state index contributed by atoms with van der Waals surface area (Å²) in [4.78, 5) is 11.1. The molecule has 0 aliphatic carbocycles. The molecule has 4 nitrogen and oxygen atoms in total. The molecule has 82 valence electrons. The number of hydrogen-bond acceptors (Lipinski definition) is 3. The maximum Gasteiger partial charge on any atom is 0.243 e. The van der Waals surface area contributed by atoms with E-state index in [9.17, 15) is 13.6 Å². The van der Waals surface area contributed by atoms with Gasteiger partial charge >= 0.3 is 0 Å². The van der Waals surface area contributed by atoms with E-state index in [-0.39, 0.29) is 5.69 Å². The van der Waals surface area contributed by atoms with Gasteiger partial charge < -0.3 is 16.2 Å². The molecule has 4 N–H and O–H groups in total. The Morgan fingerprint density at radius 2 is 2.20 bits per heavy atom. The van der Waals surface area contributed by atoms with Gasteiger partial charge in [-0.2, -0.15) is 0 Å². The quantitative estimate of drug-likeness (QED) is 0.676. The number of amides is 1. The zero-order valence-electron chi connectivity index (χ0n) is 7.71. The van der Waals surface area contributed by atoms with E-state index in [1.165, 1.54) is 0 Å². The highest BCUT2D eigenvalue weighted by atomic mass is 19.1. The Kier molecular flexibility index (Phi) is 3.70. The second kappa shape index (κ2) is 4.81. The summed E-state index contributed by atoms with van der Waals surface area (Å²) in [6, 6.07) is 1.59. The molecule has 15 heavy (non-hydrogen) atoms. The second-order valence-corrected chi connectivity index (χ2v) is 2.90. The first kappa shape index (κ1) is 11.5. The van der Waals surface area contributed by atoms with Gasteiger partial charge in [0.15, 0.2) is 0 Å². The van der Waals surface area contributed by atoms with Crippen molar-refractivity contribution >= 4 is 11.6 Å². The summed E-state index contributed by atoms with van der Waals surface area (Å²) in [5, 5.41) is 10.7. The Balaban J connectivity index is 2.77. The number of nitrogens with one attached hydrogen (secondary N) is 1. The summed E-state index contributed by atoms with van der Waals surface area (Å²) in [5.74, 6) is -2.37. The molecular weight excluding hydrogens is 206 g/mol. The Bertz CT molecular complexity index is 371. The van der Waals surface area contributed by atoms with Crippen LogP contribution in [0.1, 0.15) is 0 Å². The molecule has 0 bridgehead atoms. The Morgan fingerprint density at radius 1 is 1.53 bits per heavy atom. The summed E-state index contributed by atoms with van der Waals surface area (Å²) in [5.41, 5.74) is 5.01. The van der Waals surface area contributed by atoms with E-state index in [1.54, 1.807) is 0 Å². The summed E-state index contributed by atoms with van der Waals surface area (Å²) in [6.07, 6.45) is 0. The lowest BCUT2D eigenvalue weighted by molar-refractivity contribution is -0.118. The van der Waals surface area contributed by atoms with Gasteiger partial charge in [-0.1, -0.05) is 0 Å². The van der Waals surface area contributed by atoms with Crippen molar-refractivity contribution in [3.63, 3.8) is 0 Å². The van der Waals surface area contributed by atoms with Crippen molar-refractivity contribution in [1.82, 2.24) is 0 Å². The maximum atomic E-state index is 13.0. The fourth-order valence-corrected chi connectivity index (χ4v) is 0.899. The van der Waals surface area contributed by atoms with Crippen LogP contribution in [-0.2, 0) is 4.79 Å². The van der Waals surface area contributed by atoms with Crippen molar-refractivity contribution < 1.29 is 18.7 Å².